The Balaban J connectivity index is 1.36. The van der Waals surface area contributed by atoms with Gasteiger partial charge >= 0.3 is 0 Å². The number of likely N-dealkylation sites (tertiary alicyclic amines) is 1. The number of rotatable bonds is 5. The van der Waals surface area contributed by atoms with E-state index in [0.717, 1.165) is 33.1 Å². The molecule has 8 nitrogen and oxygen atoms in total. The van der Waals surface area contributed by atoms with Crippen molar-refractivity contribution in [3.8, 4) is 0 Å². The van der Waals surface area contributed by atoms with Crippen LogP contribution in [0, 0.1) is 5.92 Å². The molecule has 1 fully saturated rings. The summed E-state index contributed by atoms with van der Waals surface area (Å²) in [6.45, 7) is 2.86. The van der Waals surface area contributed by atoms with Crippen LogP contribution in [0.2, 0.25) is 0 Å². The molecule has 2 amide bonds. The number of hydrogen-bond donors (Lipinski definition) is 2. The molecule has 1 aromatic carbocycles. The van der Waals surface area contributed by atoms with Crippen LogP contribution in [0.15, 0.2) is 41.8 Å². The molecular formula is C20H22N6O2S. The molecule has 150 valence electrons. The summed E-state index contributed by atoms with van der Waals surface area (Å²) in [5.41, 5.74) is 2.60. The first-order valence-electron chi connectivity index (χ1n) is 9.52. The number of benzene rings is 1. The fourth-order valence-corrected chi connectivity index (χ4v) is 4.36. The first kappa shape index (κ1) is 19.4. The third-order valence-corrected chi connectivity index (χ3v) is 6.17. The monoisotopic (exact) mass is 410 g/mol. The fraction of sp³-hybridized carbons (Fsp3) is 0.350. The quantitative estimate of drug-likeness (QED) is 0.495. The minimum atomic E-state index is -0.0565. The fourth-order valence-electron chi connectivity index (χ4n) is 3.45. The zero-order valence-electron chi connectivity index (χ0n) is 16.1. The second kappa shape index (κ2) is 8.60. The van der Waals surface area contributed by atoms with Gasteiger partial charge in [-0.25, -0.2) is 9.97 Å². The lowest BCUT2D eigenvalue weighted by atomic mass is 9.96. The van der Waals surface area contributed by atoms with E-state index in [-0.39, 0.29) is 17.7 Å². The van der Waals surface area contributed by atoms with Crippen LogP contribution in [-0.4, -0.2) is 50.0 Å². The van der Waals surface area contributed by atoms with Crippen molar-refractivity contribution < 1.29 is 9.59 Å². The number of amides is 2. The largest absolute Gasteiger partial charge is 0.343 e. The van der Waals surface area contributed by atoms with E-state index in [4.69, 9.17) is 0 Å². The van der Waals surface area contributed by atoms with Crippen molar-refractivity contribution in [1.29, 1.82) is 0 Å². The third-order valence-electron chi connectivity index (χ3n) is 5.09. The number of aromatic nitrogens is 4. The summed E-state index contributed by atoms with van der Waals surface area (Å²) in [5.74, 6) is 0.760. The summed E-state index contributed by atoms with van der Waals surface area (Å²) in [6, 6.07) is 7.86. The molecule has 1 aliphatic heterocycles. The molecule has 1 aliphatic rings. The van der Waals surface area contributed by atoms with Crippen molar-refractivity contribution in [3.05, 3.63) is 42.4 Å². The van der Waals surface area contributed by atoms with Gasteiger partial charge in [-0.05, 0) is 30.5 Å². The van der Waals surface area contributed by atoms with E-state index in [1.165, 1.54) is 6.33 Å². The third kappa shape index (κ3) is 4.56. The maximum Gasteiger partial charge on any atom is 0.227 e. The average molecular weight is 411 g/mol. The van der Waals surface area contributed by atoms with Crippen molar-refractivity contribution in [2.24, 2.45) is 5.92 Å². The van der Waals surface area contributed by atoms with Crippen molar-refractivity contribution in [1.82, 2.24) is 25.1 Å². The van der Waals surface area contributed by atoms with Gasteiger partial charge in [0.15, 0.2) is 5.65 Å². The van der Waals surface area contributed by atoms with Gasteiger partial charge in [-0.1, -0.05) is 12.1 Å². The van der Waals surface area contributed by atoms with E-state index in [9.17, 15) is 9.59 Å². The smallest absolute Gasteiger partial charge is 0.227 e. The van der Waals surface area contributed by atoms with Gasteiger partial charge in [0.2, 0.25) is 11.8 Å². The molecule has 0 aliphatic carbocycles. The standard InChI is InChI=1S/C20H22N6O2S/c1-13(27)26-7-5-15(6-8-26)19(28)24-16-4-2-3-14(9-16)11-29-20-17-10-23-25-18(17)21-12-22-20/h2-4,9-10,12,15H,5-8,11H2,1H3,(H,24,28)(H,21,22,23,25). The van der Waals surface area contributed by atoms with E-state index in [1.54, 1.807) is 29.8 Å². The Hall–Kier alpha value is -2.94. The summed E-state index contributed by atoms with van der Waals surface area (Å²) in [7, 11) is 0. The highest BCUT2D eigenvalue weighted by Gasteiger charge is 2.26. The number of thioether (sulfide) groups is 1. The second-order valence-electron chi connectivity index (χ2n) is 7.07. The van der Waals surface area contributed by atoms with E-state index in [1.807, 2.05) is 24.3 Å². The zero-order chi connectivity index (χ0) is 20.2. The number of piperidine rings is 1. The Morgan fingerprint density at radius 1 is 1.28 bits per heavy atom. The maximum absolute atomic E-state index is 12.6. The van der Waals surface area contributed by atoms with Crippen LogP contribution < -0.4 is 5.32 Å². The second-order valence-corrected chi connectivity index (χ2v) is 8.03. The molecule has 29 heavy (non-hydrogen) atoms. The Morgan fingerprint density at radius 2 is 2.10 bits per heavy atom. The minimum absolute atomic E-state index is 0.0221. The molecule has 2 N–H and O–H groups in total. The van der Waals surface area contributed by atoms with E-state index in [0.29, 0.717) is 25.9 Å². The number of anilines is 1. The van der Waals surface area contributed by atoms with E-state index < -0.39 is 0 Å². The maximum atomic E-state index is 12.6. The Labute approximate surface area is 172 Å². The van der Waals surface area contributed by atoms with Gasteiger partial charge in [-0.3, -0.25) is 14.7 Å². The van der Waals surface area contributed by atoms with Gasteiger partial charge in [-0.15, -0.1) is 11.8 Å². The number of nitrogens with zero attached hydrogens (tertiary/aromatic N) is 4. The lowest BCUT2D eigenvalue weighted by Crippen LogP contribution is -2.40. The molecule has 0 unspecified atom stereocenters. The summed E-state index contributed by atoms with van der Waals surface area (Å²) in [6.07, 6.45) is 4.66. The van der Waals surface area contributed by atoms with Gasteiger partial charge < -0.3 is 10.2 Å². The summed E-state index contributed by atoms with van der Waals surface area (Å²) in [4.78, 5) is 34.3. The number of H-pyrrole nitrogens is 1. The van der Waals surface area contributed by atoms with Crippen molar-refractivity contribution in [2.45, 2.75) is 30.5 Å². The van der Waals surface area contributed by atoms with Crippen molar-refractivity contribution in [2.75, 3.05) is 18.4 Å². The number of carbonyl (C=O) groups excluding carboxylic acids is 2. The Kier molecular flexibility index (Phi) is 5.75. The minimum Gasteiger partial charge on any atom is -0.343 e. The first-order chi connectivity index (χ1) is 14.1. The molecule has 0 saturated carbocycles. The van der Waals surface area contributed by atoms with Crippen LogP contribution in [0.4, 0.5) is 5.69 Å². The molecule has 0 atom stereocenters. The highest BCUT2D eigenvalue weighted by atomic mass is 32.2. The molecule has 9 heteroatoms. The summed E-state index contributed by atoms with van der Waals surface area (Å²) < 4.78 is 0. The van der Waals surface area contributed by atoms with Gasteiger partial charge in [0.05, 0.1) is 11.6 Å². The first-order valence-corrected chi connectivity index (χ1v) is 10.5. The Bertz CT molecular complexity index is 1030. The molecule has 1 saturated heterocycles. The lowest BCUT2D eigenvalue weighted by molar-refractivity contribution is -0.132. The lowest BCUT2D eigenvalue weighted by Gasteiger charge is -2.30. The van der Waals surface area contributed by atoms with Crippen LogP contribution in [0.3, 0.4) is 0 Å². The topological polar surface area (TPSA) is 104 Å². The average Bonchev–Trinajstić information content (AvgIpc) is 3.22. The number of aromatic amines is 1. The predicted molar refractivity (Wildman–Crippen MR) is 111 cm³/mol. The van der Waals surface area contributed by atoms with E-state index >= 15 is 0 Å². The Morgan fingerprint density at radius 3 is 2.90 bits per heavy atom. The van der Waals surface area contributed by atoms with Crippen LogP contribution in [0.1, 0.15) is 25.3 Å². The number of fused-ring (bicyclic) bond motifs is 1. The molecule has 0 spiro atoms. The summed E-state index contributed by atoms with van der Waals surface area (Å²) >= 11 is 1.60. The van der Waals surface area contributed by atoms with Gasteiger partial charge in [-0.2, -0.15) is 5.10 Å². The zero-order valence-corrected chi connectivity index (χ0v) is 16.9. The summed E-state index contributed by atoms with van der Waals surface area (Å²) in [5, 5.41) is 11.7. The van der Waals surface area contributed by atoms with Crippen molar-refractivity contribution in [3.63, 3.8) is 0 Å². The molecule has 3 aromatic rings. The van der Waals surface area contributed by atoms with Crippen LogP contribution in [0.5, 0.6) is 0 Å². The molecule has 0 radical (unpaired) electrons. The van der Waals surface area contributed by atoms with Gasteiger partial charge in [0, 0.05) is 37.4 Å². The normalized spacial score (nSPS) is 14.9. The van der Waals surface area contributed by atoms with Crippen LogP contribution in [-0.2, 0) is 15.3 Å². The van der Waals surface area contributed by atoms with Crippen LogP contribution in [0.25, 0.3) is 11.0 Å². The highest BCUT2D eigenvalue weighted by Crippen LogP contribution is 2.27. The number of hydrogen-bond acceptors (Lipinski definition) is 6. The SMILES string of the molecule is CC(=O)N1CCC(C(=O)Nc2cccc(CSc3ncnc4[nH]ncc34)c2)CC1. The highest BCUT2D eigenvalue weighted by molar-refractivity contribution is 7.98. The molecule has 3 heterocycles. The van der Waals surface area contributed by atoms with E-state index in [2.05, 4.69) is 25.5 Å². The number of nitrogens with one attached hydrogen (secondary N) is 2. The van der Waals surface area contributed by atoms with Gasteiger partial charge in [0.25, 0.3) is 0 Å². The van der Waals surface area contributed by atoms with Crippen LogP contribution >= 0.6 is 11.8 Å². The molecule has 2 aromatic heterocycles. The molecule has 4 rings (SSSR count). The van der Waals surface area contributed by atoms with Gasteiger partial charge in [0.1, 0.15) is 11.4 Å². The predicted octanol–water partition coefficient (Wildman–Crippen LogP) is 2.84. The van der Waals surface area contributed by atoms with Crippen molar-refractivity contribution >= 4 is 40.3 Å². The molecular weight excluding hydrogens is 388 g/mol. The number of carbonyl (C=O) groups is 2. The molecule has 0 bridgehead atoms.